The van der Waals surface area contributed by atoms with Crippen LogP contribution in [0.2, 0.25) is 0 Å². The molecule has 0 aromatic rings. The highest BCUT2D eigenvalue weighted by molar-refractivity contribution is 5.86. The fourth-order valence-corrected chi connectivity index (χ4v) is 3.91. The summed E-state index contributed by atoms with van der Waals surface area (Å²) < 4.78 is 0. The molecule has 0 spiro atoms. The Morgan fingerprint density at radius 1 is 1.21 bits per heavy atom. The van der Waals surface area contributed by atoms with Crippen LogP contribution >= 0.6 is 0 Å². The van der Waals surface area contributed by atoms with E-state index in [1.54, 1.807) is 0 Å². The zero-order chi connectivity index (χ0) is 13.9. The van der Waals surface area contributed by atoms with E-state index in [2.05, 4.69) is 11.0 Å². The SMILES string of the molecule is CCC(C#N)(CC)C(=O)N1CCCC1C1CCCC1. The van der Waals surface area contributed by atoms with Crippen LogP contribution in [0.4, 0.5) is 0 Å². The van der Waals surface area contributed by atoms with E-state index < -0.39 is 5.41 Å². The van der Waals surface area contributed by atoms with Crippen LogP contribution in [0.1, 0.15) is 65.2 Å². The normalized spacial score (nSPS) is 24.7. The third-order valence-corrected chi connectivity index (χ3v) is 5.33. The summed E-state index contributed by atoms with van der Waals surface area (Å²) in [6, 6.07) is 2.73. The number of hydrogen-bond donors (Lipinski definition) is 0. The minimum atomic E-state index is -0.777. The number of carbonyl (C=O) groups excluding carboxylic acids is 1. The Morgan fingerprint density at radius 2 is 1.84 bits per heavy atom. The Kier molecular flexibility index (Phi) is 4.50. The predicted octanol–water partition coefficient (Wildman–Crippen LogP) is 3.50. The summed E-state index contributed by atoms with van der Waals surface area (Å²) in [5.41, 5.74) is -0.777. The quantitative estimate of drug-likeness (QED) is 0.778. The van der Waals surface area contributed by atoms with E-state index in [0.29, 0.717) is 24.8 Å². The zero-order valence-corrected chi connectivity index (χ0v) is 12.3. The van der Waals surface area contributed by atoms with Gasteiger partial charge in [0.15, 0.2) is 0 Å². The highest BCUT2D eigenvalue weighted by Crippen LogP contribution is 2.38. The molecular weight excluding hydrogens is 236 g/mol. The Balaban J connectivity index is 2.15. The van der Waals surface area contributed by atoms with E-state index >= 15 is 0 Å². The summed E-state index contributed by atoms with van der Waals surface area (Å²) in [6.45, 7) is 4.79. The molecule has 3 nitrogen and oxygen atoms in total. The molecule has 106 valence electrons. The van der Waals surface area contributed by atoms with Crippen LogP contribution in [-0.4, -0.2) is 23.4 Å². The van der Waals surface area contributed by atoms with Crippen molar-refractivity contribution in [2.45, 2.75) is 71.3 Å². The van der Waals surface area contributed by atoms with Gasteiger partial charge < -0.3 is 4.90 Å². The van der Waals surface area contributed by atoms with Crippen molar-refractivity contribution in [3.63, 3.8) is 0 Å². The van der Waals surface area contributed by atoms with Crippen LogP contribution < -0.4 is 0 Å². The molecule has 1 aliphatic heterocycles. The fraction of sp³-hybridized carbons (Fsp3) is 0.875. The van der Waals surface area contributed by atoms with Gasteiger partial charge >= 0.3 is 0 Å². The van der Waals surface area contributed by atoms with Crippen LogP contribution in [0.5, 0.6) is 0 Å². The average molecular weight is 262 g/mol. The summed E-state index contributed by atoms with van der Waals surface area (Å²) in [5.74, 6) is 0.797. The maximum Gasteiger partial charge on any atom is 0.243 e. The second-order valence-electron chi connectivity index (χ2n) is 6.15. The highest BCUT2D eigenvalue weighted by atomic mass is 16.2. The fourth-order valence-electron chi connectivity index (χ4n) is 3.91. The summed E-state index contributed by atoms with van der Waals surface area (Å²) in [6.07, 6.45) is 8.69. The molecule has 0 radical (unpaired) electrons. The number of hydrogen-bond acceptors (Lipinski definition) is 2. The molecule has 2 fully saturated rings. The van der Waals surface area contributed by atoms with Crippen LogP contribution in [-0.2, 0) is 4.79 Å². The molecule has 0 N–H and O–H groups in total. The molecule has 2 rings (SSSR count). The molecule has 1 amide bonds. The summed E-state index contributed by atoms with van der Waals surface area (Å²) in [4.78, 5) is 14.9. The van der Waals surface area contributed by atoms with Crippen LogP contribution in [0.15, 0.2) is 0 Å². The van der Waals surface area contributed by atoms with E-state index in [-0.39, 0.29) is 5.91 Å². The lowest BCUT2D eigenvalue weighted by atomic mass is 9.81. The number of nitrogens with zero attached hydrogens (tertiary/aromatic N) is 2. The Morgan fingerprint density at radius 3 is 2.37 bits per heavy atom. The van der Waals surface area contributed by atoms with Crippen LogP contribution in [0.25, 0.3) is 0 Å². The van der Waals surface area contributed by atoms with E-state index in [9.17, 15) is 10.1 Å². The topological polar surface area (TPSA) is 44.1 Å². The molecular formula is C16H26N2O. The summed E-state index contributed by atoms with van der Waals surface area (Å²) >= 11 is 0. The Labute approximate surface area is 117 Å². The van der Waals surface area contributed by atoms with Crippen LogP contribution in [0.3, 0.4) is 0 Å². The first-order chi connectivity index (χ1) is 9.18. The Hall–Kier alpha value is -1.04. The van der Waals surface area contributed by atoms with Crippen molar-refractivity contribution in [3.8, 4) is 6.07 Å². The van der Waals surface area contributed by atoms with Gasteiger partial charge in [-0.2, -0.15) is 5.26 Å². The van der Waals surface area contributed by atoms with Crippen molar-refractivity contribution in [1.29, 1.82) is 5.26 Å². The molecule has 0 aromatic carbocycles. The molecule has 1 heterocycles. The lowest BCUT2D eigenvalue weighted by Crippen LogP contribution is -2.47. The van der Waals surface area contributed by atoms with Gasteiger partial charge in [-0.3, -0.25) is 4.79 Å². The third kappa shape index (κ3) is 2.50. The smallest absolute Gasteiger partial charge is 0.243 e. The largest absolute Gasteiger partial charge is 0.338 e. The number of amides is 1. The number of likely N-dealkylation sites (tertiary alicyclic amines) is 1. The van der Waals surface area contributed by atoms with Gasteiger partial charge in [-0.1, -0.05) is 26.7 Å². The molecule has 1 unspecified atom stereocenters. The number of nitriles is 1. The predicted molar refractivity (Wildman–Crippen MR) is 75.3 cm³/mol. The van der Waals surface area contributed by atoms with E-state index in [4.69, 9.17) is 0 Å². The maximum atomic E-state index is 12.8. The van der Waals surface area contributed by atoms with Gasteiger partial charge in [-0.25, -0.2) is 0 Å². The van der Waals surface area contributed by atoms with Gasteiger partial charge in [-0.15, -0.1) is 0 Å². The van der Waals surface area contributed by atoms with Gasteiger partial charge in [0.2, 0.25) is 5.91 Å². The van der Waals surface area contributed by atoms with Gasteiger partial charge in [0, 0.05) is 12.6 Å². The number of carbonyl (C=O) groups is 1. The molecule has 1 saturated carbocycles. The standard InChI is InChI=1S/C16H26N2O/c1-3-16(4-2,12-17)15(19)18-11-7-10-14(18)13-8-5-6-9-13/h13-14H,3-11H2,1-2H3. The average Bonchev–Trinajstić information content (AvgIpc) is 3.11. The van der Waals surface area contributed by atoms with Crippen molar-refractivity contribution < 1.29 is 4.79 Å². The maximum absolute atomic E-state index is 12.8. The lowest BCUT2D eigenvalue weighted by Gasteiger charge is -2.35. The van der Waals surface area contributed by atoms with E-state index in [0.717, 1.165) is 19.4 Å². The minimum absolute atomic E-state index is 0.106. The van der Waals surface area contributed by atoms with Gasteiger partial charge in [-0.05, 0) is 44.4 Å². The highest BCUT2D eigenvalue weighted by Gasteiger charge is 2.44. The zero-order valence-electron chi connectivity index (χ0n) is 12.3. The van der Waals surface area contributed by atoms with Crippen molar-refractivity contribution in [1.82, 2.24) is 4.90 Å². The van der Waals surface area contributed by atoms with Crippen molar-refractivity contribution in [2.75, 3.05) is 6.54 Å². The first-order valence-electron chi connectivity index (χ1n) is 7.91. The minimum Gasteiger partial charge on any atom is -0.338 e. The molecule has 3 heteroatoms. The molecule has 1 saturated heterocycles. The molecule has 1 atom stereocenters. The third-order valence-electron chi connectivity index (χ3n) is 5.33. The molecule has 0 bridgehead atoms. The summed E-state index contributed by atoms with van der Waals surface area (Å²) in [5, 5.41) is 9.46. The monoisotopic (exact) mass is 262 g/mol. The van der Waals surface area contributed by atoms with E-state index in [1.807, 2.05) is 13.8 Å². The second-order valence-corrected chi connectivity index (χ2v) is 6.15. The molecule has 1 aliphatic carbocycles. The van der Waals surface area contributed by atoms with E-state index in [1.165, 1.54) is 25.7 Å². The van der Waals surface area contributed by atoms with Crippen molar-refractivity contribution in [3.05, 3.63) is 0 Å². The first-order valence-corrected chi connectivity index (χ1v) is 7.91. The van der Waals surface area contributed by atoms with Gasteiger partial charge in [0.25, 0.3) is 0 Å². The Bertz CT molecular complexity index is 361. The van der Waals surface area contributed by atoms with Crippen molar-refractivity contribution in [2.24, 2.45) is 11.3 Å². The van der Waals surface area contributed by atoms with Crippen LogP contribution in [0, 0.1) is 22.7 Å². The molecule has 2 aliphatic rings. The van der Waals surface area contributed by atoms with Crippen molar-refractivity contribution >= 4 is 5.91 Å². The summed E-state index contributed by atoms with van der Waals surface area (Å²) in [7, 11) is 0. The second kappa shape index (κ2) is 5.94. The first kappa shape index (κ1) is 14.4. The van der Waals surface area contributed by atoms with Gasteiger partial charge in [0.05, 0.1) is 6.07 Å². The lowest BCUT2D eigenvalue weighted by molar-refractivity contribution is -0.141. The van der Waals surface area contributed by atoms with Gasteiger partial charge in [0.1, 0.15) is 5.41 Å². The molecule has 19 heavy (non-hydrogen) atoms. The number of rotatable bonds is 4. The molecule has 0 aromatic heterocycles.